The van der Waals surface area contributed by atoms with Gasteiger partial charge < -0.3 is 14.2 Å². The number of imide groups is 2. The Hall–Kier alpha value is -3.33. The van der Waals surface area contributed by atoms with Crippen LogP contribution in [0.5, 0.6) is 17.2 Å². The van der Waals surface area contributed by atoms with Gasteiger partial charge in [-0.05, 0) is 83.7 Å². The summed E-state index contributed by atoms with van der Waals surface area (Å²) < 4.78 is 17.6. The molecule has 2 aromatic rings. The van der Waals surface area contributed by atoms with Crippen LogP contribution in [0.15, 0.2) is 46.4 Å². The van der Waals surface area contributed by atoms with Crippen molar-refractivity contribution in [1.29, 1.82) is 0 Å². The standard InChI is InChI=1S/C25H27BrN2O6/c1-4-11-33-18-9-7-17(8-10-18)28-24(30)19(23(29)27-25(28)31)13-16-14-20(26)22(34-12-5-2)21(15-16)32-6-3/h7-10,13-15H,4-6,11-12H2,1-3H3,(H,27,29,31)/b19-13-. The molecule has 0 aliphatic carbocycles. The lowest BCUT2D eigenvalue weighted by Crippen LogP contribution is -2.54. The van der Waals surface area contributed by atoms with Crippen LogP contribution in [0.4, 0.5) is 10.5 Å². The quantitative estimate of drug-likeness (QED) is 0.339. The molecule has 0 radical (unpaired) electrons. The summed E-state index contributed by atoms with van der Waals surface area (Å²) in [5.74, 6) is 0.163. The van der Waals surface area contributed by atoms with Crippen LogP contribution in [0.3, 0.4) is 0 Å². The summed E-state index contributed by atoms with van der Waals surface area (Å²) >= 11 is 3.48. The number of benzene rings is 2. The van der Waals surface area contributed by atoms with E-state index in [1.807, 2.05) is 20.8 Å². The number of halogens is 1. The number of nitrogens with one attached hydrogen (secondary N) is 1. The molecule has 9 heteroatoms. The van der Waals surface area contributed by atoms with Gasteiger partial charge in [0.2, 0.25) is 0 Å². The Kier molecular flexibility index (Phi) is 8.70. The minimum atomic E-state index is -0.811. The van der Waals surface area contributed by atoms with Crippen molar-refractivity contribution in [2.45, 2.75) is 33.6 Å². The third-order valence-corrected chi connectivity index (χ3v) is 5.35. The molecule has 2 aromatic carbocycles. The number of carbonyl (C=O) groups is 3. The van der Waals surface area contributed by atoms with E-state index in [0.717, 1.165) is 17.7 Å². The molecule has 0 aromatic heterocycles. The van der Waals surface area contributed by atoms with Gasteiger partial charge in [-0.2, -0.15) is 0 Å². The van der Waals surface area contributed by atoms with Crippen molar-refractivity contribution in [3.63, 3.8) is 0 Å². The highest BCUT2D eigenvalue weighted by atomic mass is 79.9. The van der Waals surface area contributed by atoms with Crippen molar-refractivity contribution in [2.24, 2.45) is 0 Å². The fourth-order valence-corrected chi connectivity index (χ4v) is 3.82. The van der Waals surface area contributed by atoms with E-state index in [9.17, 15) is 14.4 Å². The summed E-state index contributed by atoms with van der Waals surface area (Å²) in [6.45, 7) is 7.33. The Morgan fingerprint density at radius 1 is 0.941 bits per heavy atom. The molecule has 180 valence electrons. The predicted octanol–water partition coefficient (Wildman–Crippen LogP) is 5.09. The minimum Gasteiger partial charge on any atom is -0.494 e. The average Bonchev–Trinajstić information content (AvgIpc) is 2.81. The molecule has 4 amide bonds. The van der Waals surface area contributed by atoms with E-state index in [1.54, 1.807) is 36.4 Å². The summed E-state index contributed by atoms with van der Waals surface area (Å²) in [5.41, 5.74) is 0.682. The van der Waals surface area contributed by atoms with Gasteiger partial charge in [-0.15, -0.1) is 0 Å². The molecule has 0 bridgehead atoms. The Labute approximate surface area is 207 Å². The highest BCUT2D eigenvalue weighted by Crippen LogP contribution is 2.38. The average molecular weight is 531 g/mol. The molecule has 0 spiro atoms. The maximum atomic E-state index is 13.2. The van der Waals surface area contributed by atoms with Gasteiger partial charge in [-0.25, -0.2) is 9.69 Å². The van der Waals surface area contributed by atoms with Crippen molar-refractivity contribution < 1.29 is 28.6 Å². The van der Waals surface area contributed by atoms with E-state index in [2.05, 4.69) is 21.2 Å². The fraction of sp³-hybridized carbons (Fsp3) is 0.320. The van der Waals surface area contributed by atoms with Crippen molar-refractivity contribution in [2.75, 3.05) is 24.7 Å². The summed E-state index contributed by atoms with van der Waals surface area (Å²) in [7, 11) is 0. The zero-order valence-electron chi connectivity index (χ0n) is 19.4. The van der Waals surface area contributed by atoms with E-state index in [1.165, 1.54) is 6.08 Å². The molecule has 8 nitrogen and oxygen atoms in total. The van der Waals surface area contributed by atoms with Crippen LogP contribution in [-0.2, 0) is 9.59 Å². The molecule has 1 aliphatic rings. The van der Waals surface area contributed by atoms with Crippen LogP contribution >= 0.6 is 15.9 Å². The molecule has 3 rings (SSSR count). The normalized spacial score (nSPS) is 14.9. The summed E-state index contributed by atoms with van der Waals surface area (Å²) in [4.78, 5) is 39.1. The van der Waals surface area contributed by atoms with Crippen molar-refractivity contribution >= 4 is 45.5 Å². The van der Waals surface area contributed by atoms with Crippen molar-refractivity contribution in [1.82, 2.24) is 5.32 Å². The first-order valence-electron chi connectivity index (χ1n) is 11.1. The molecule has 0 unspecified atom stereocenters. The zero-order chi connectivity index (χ0) is 24.7. The van der Waals surface area contributed by atoms with E-state index in [-0.39, 0.29) is 5.57 Å². The number of hydrogen-bond acceptors (Lipinski definition) is 6. The number of nitrogens with zero attached hydrogens (tertiary/aromatic N) is 1. The second-order valence-electron chi connectivity index (χ2n) is 7.41. The predicted molar refractivity (Wildman–Crippen MR) is 132 cm³/mol. The van der Waals surface area contributed by atoms with Crippen LogP contribution in [-0.4, -0.2) is 37.7 Å². The number of anilines is 1. The summed E-state index contributed by atoms with van der Waals surface area (Å²) in [6, 6.07) is 9.14. The highest BCUT2D eigenvalue weighted by Gasteiger charge is 2.37. The van der Waals surface area contributed by atoms with Crippen LogP contribution in [0.1, 0.15) is 39.2 Å². The van der Waals surface area contributed by atoms with Gasteiger partial charge in [-0.1, -0.05) is 13.8 Å². The van der Waals surface area contributed by atoms with Gasteiger partial charge in [0.1, 0.15) is 11.3 Å². The fourth-order valence-electron chi connectivity index (χ4n) is 3.25. The maximum Gasteiger partial charge on any atom is 0.335 e. The third-order valence-electron chi connectivity index (χ3n) is 4.76. The van der Waals surface area contributed by atoms with Crippen LogP contribution in [0.2, 0.25) is 0 Å². The van der Waals surface area contributed by atoms with Gasteiger partial charge in [-0.3, -0.25) is 14.9 Å². The molecule has 1 heterocycles. The van der Waals surface area contributed by atoms with Crippen LogP contribution in [0, 0.1) is 0 Å². The summed E-state index contributed by atoms with van der Waals surface area (Å²) in [5, 5.41) is 2.23. The molecule has 1 N–H and O–H groups in total. The Morgan fingerprint density at radius 3 is 2.26 bits per heavy atom. The van der Waals surface area contributed by atoms with E-state index >= 15 is 0 Å². The van der Waals surface area contributed by atoms with Gasteiger partial charge in [0.25, 0.3) is 11.8 Å². The van der Waals surface area contributed by atoms with E-state index in [0.29, 0.717) is 52.8 Å². The largest absolute Gasteiger partial charge is 0.494 e. The Morgan fingerprint density at radius 2 is 1.62 bits per heavy atom. The lowest BCUT2D eigenvalue weighted by atomic mass is 10.1. The molecule has 1 saturated heterocycles. The molecular weight excluding hydrogens is 504 g/mol. The number of ether oxygens (including phenoxy) is 3. The third kappa shape index (κ3) is 5.77. The van der Waals surface area contributed by atoms with Gasteiger partial charge in [0, 0.05) is 0 Å². The number of hydrogen-bond donors (Lipinski definition) is 1. The SMILES string of the molecule is CCCOc1ccc(N2C(=O)NC(=O)/C(=C/c3cc(Br)c(OCCC)c(OCC)c3)C2=O)cc1. The molecule has 0 saturated carbocycles. The topological polar surface area (TPSA) is 94.2 Å². The maximum absolute atomic E-state index is 13.2. The Balaban J connectivity index is 1.94. The number of rotatable bonds is 10. The molecular formula is C25H27BrN2O6. The summed E-state index contributed by atoms with van der Waals surface area (Å²) in [6.07, 6.45) is 3.11. The molecule has 1 aliphatic heterocycles. The number of barbiturate groups is 1. The molecule has 34 heavy (non-hydrogen) atoms. The number of urea groups is 1. The number of amides is 4. The Bertz CT molecular complexity index is 1100. The lowest BCUT2D eigenvalue weighted by Gasteiger charge is -2.26. The zero-order valence-corrected chi connectivity index (χ0v) is 20.9. The number of carbonyl (C=O) groups excluding carboxylic acids is 3. The van der Waals surface area contributed by atoms with Crippen LogP contribution < -0.4 is 24.4 Å². The molecule has 1 fully saturated rings. The second kappa shape index (κ2) is 11.7. The van der Waals surface area contributed by atoms with Gasteiger partial charge in [0.05, 0.1) is 30.0 Å². The second-order valence-corrected chi connectivity index (χ2v) is 8.27. The lowest BCUT2D eigenvalue weighted by molar-refractivity contribution is -0.122. The van der Waals surface area contributed by atoms with Crippen molar-refractivity contribution in [3.8, 4) is 17.2 Å². The van der Waals surface area contributed by atoms with E-state index in [4.69, 9.17) is 14.2 Å². The van der Waals surface area contributed by atoms with Gasteiger partial charge in [0.15, 0.2) is 11.5 Å². The highest BCUT2D eigenvalue weighted by molar-refractivity contribution is 9.10. The van der Waals surface area contributed by atoms with Crippen molar-refractivity contribution in [3.05, 3.63) is 52.0 Å². The molecule has 0 atom stereocenters. The minimum absolute atomic E-state index is 0.178. The smallest absolute Gasteiger partial charge is 0.335 e. The monoisotopic (exact) mass is 530 g/mol. The van der Waals surface area contributed by atoms with Crippen LogP contribution in [0.25, 0.3) is 6.08 Å². The first kappa shape index (κ1) is 25.3. The van der Waals surface area contributed by atoms with Gasteiger partial charge >= 0.3 is 6.03 Å². The van der Waals surface area contributed by atoms with E-state index < -0.39 is 17.8 Å². The first-order valence-corrected chi connectivity index (χ1v) is 11.9. The first-order chi connectivity index (χ1) is 16.4.